The summed E-state index contributed by atoms with van der Waals surface area (Å²) in [5.41, 5.74) is -0.440. The van der Waals surface area contributed by atoms with E-state index in [1.165, 1.54) is 4.31 Å². The van der Waals surface area contributed by atoms with Gasteiger partial charge in [0.25, 0.3) is 5.91 Å². The van der Waals surface area contributed by atoms with Crippen LogP contribution in [0.5, 0.6) is 5.75 Å². The molecule has 2 heterocycles. The molecule has 0 bridgehead atoms. The first-order valence-electron chi connectivity index (χ1n) is 13.4. The fourth-order valence-electron chi connectivity index (χ4n) is 4.85. The standard InChI is InChI=1S/C23H33ClFN3O5S.C2HF3O2/c24-20-12-19(21(25)13-22(20)32-15-16-4-1-2-5-16)23(29)27-34(30,31)28-10-7-17(8-11-28)33-18-6-3-9-26-14-18;3-2(4,5)1(6)7/h12-13,16-18,26H,1-11,14-15H2,(H,27,29);(H,6,7). The monoisotopic (exact) mass is 631 g/mol. The van der Waals surface area contributed by atoms with Gasteiger partial charge in [0, 0.05) is 25.7 Å². The number of alkyl halides is 3. The van der Waals surface area contributed by atoms with Crippen LogP contribution in [0, 0.1) is 11.7 Å². The van der Waals surface area contributed by atoms with E-state index in [1.54, 1.807) is 0 Å². The first-order valence-corrected chi connectivity index (χ1v) is 15.2. The largest absolute Gasteiger partial charge is 0.492 e. The van der Waals surface area contributed by atoms with Crippen LogP contribution < -0.4 is 14.8 Å². The molecule has 2 saturated heterocycles. The molecule has 3 N–H and O–H groups in total. The number of nitrogens with zero attached hydrogens (tertiary/aromatic N) is 1. The Bertz CT molecular complexity index is 1150. The molecule has 1 saturated carbocycles. The minimum Gasteiger partial charge on any atom is -0.492 e. The van der Waals surface area contributed by atoms with Crippen molar-refractivity contribution < 1.29 is 50.1 Å². The highest BCUT2D eigenvalue weighted by Gasteiger charge is 2.38. The first-order chi connectivity index (χ1) is 19.3. The maximum absolute atomic E-state index is 14.6. The third kappa shape index (κ3) is 10.2. The van der Waals surface area contributed by atoms with Crippen molar-refractivity contribution in [2.75, 3.05) is 32.8 Å². The van der Waals surface area contributed by atoms with Crippen LogP contribution in [0.15, 0.2) is 12.1 Å². The van der Waals surface area contributed by atoms with E-state index in [0.717, 1.165) is 63.7 Å². The van der Waals surface area contributed by atoms with Crippen molar-refractivity contribution in [3.8, 4) is 5.75 Å². The minimum absolute atomic E-state index is 0.0138. The first kappa shape index (κ1) is 33.3. The van der Waals surface area contributed by atoms with E-state index in [4.69, 9.17) is 31.0 Å². The van der Waals surface area contributed by atoms with Gasteiger partial charge in [0.05, 0.1) is 29.4 Å². The normalized spacial score (nSPS) is 21.1. The quantitative estimate of drug-likeness (QED) is 0.368. The molecule has 1 aromatic carbocycles. The van der Waals surface area contributed by atoms with Crippen LogP contribution in [0.2, 0.25) is 5.02 Å². The fraction of sp³-hybridized carbons (Fsp3) is 0.680. The van der Waals surface area contributed by atoms with Gasteiger partial charge in [-0.05, 0) is 57.1 Å². The van der Waals surface area contributed by atoms with Crippen LogP contribution in [0.3, 0.4) is 0 Å². The molecule has 232 valence electrons. The number of benzene rings is 1. The zero-order chi connectivity index (χ0) is 30.2. The number of aliphatic carboxylic acids is 1. The van der Waals surface area contributed by atoms with Crippen molar-refractivity contribution >= 4 is 33.7 Å². The van der Waals surface area contributed by atoms with Gasteiger partial charge in [-0.25, -0.2) is 13.9 Å². The Labute approximate surface area is 240 Å². The average Bonchev–Trinajstić information content (AvgIpc) is 3.43. The van der Waals surface area contributed by atoms with Crippen LogP contribution >= 0.6 is 11.6 Å². The lowest BCUT2D eigenvalue weighted by Crippen LogP contribution is -2.49. The predicted octanol–water partition coefficient (Wildman–Crippen LogP) is 3.89. The SMILES string of the molecule is O=C(NS(=O)(=O)N1CCC(OC2CCCNC2)CC1)c1cc(Cl)c(OCC2CCCC2)cc1F.O=C(O)C(F)(F)F. The Morgan fingerprint density at radius 2 is 1.71 bits per heavy atom. The molecule has 0 spiro atoms. The summed E-state index contributed by atoms with van der Waals surface area (Å²) in [6.45, 7) is 2.70. The molecule has 3 aliphatic rings. The van der Waals surface area contributed by atoms with E-state index in [-0.39, 0.29) is 36.1 Å². The van der Waals surface area contributed by atoms with Crippen LogP contribution in [0.1, 0.15) is 61.7 Å². The number of rotatable bonds is 8. The Balaban J connectivity index is 0.000000587. The molecule has 2 aliphatic heterocycles. The van der Waals surface area contributed by atoms with Crippen LogP contribution in [0.25, 0.3) is 0 Å². The number of carbonyl (C=O) groups is 2. The van der Waals surface area contributed by atoms with Crippen LogP contribution in [-0.4, -0.2) is 80.9 Å². The lowest BCUT2D eigenvalue weighted by Gasteiger charge is -2.34. The molecule has 1 atom stereocenters. The molecule has 0 radical (unpaired) electrons. The third-order valence-corrected chi connectivity index (χ3v) is 8.84. The zero-order valence-electron chi connectivity index (χ0n) is 22.2. The minimum atomic E-state index is -5.08. The number of halogens is 5. The van der Waals surface area contributed by atoms with Gasteiger partial charge in [-0.15, -0.1) is 0 Å². The van der Waals surface area contributed by atoms with E-state index in [0.29, 0.717) is 25.4 Å². The van der Waals surface area contributed by atoms with Gasteiger partial charge >= 0.3 is 22.4 Å². The second kappa shape index (κ2) is 14.8. The van der Waals surface area contributed by atoms with Gasteiger partial charge in [0.2, 0.25) is 0 Å². The molecule has 1 aromatic rings. The van der Waals surface area contributed by atoms with Crippen molar-refractivity contribution in [1.82, 2.24) is 14.3 Å². The number of hydrogen-bond donors (Lipinski definition) is 3. The number of carboxylic acids is 1. The van der Waals surface area contributed by atoms with Gasteiger partial charge in [-0.1, -0.05) is 24.4 Å². The number of piperidine rings is 2. The van der Waals surface area contributed by atoms with Crippen molar-refractivity contribution in [2.24, 2.45) is 5.92 Å². The third-order valence-electron chi connectivity index (χ3n) is 7.06. The number of hydrogen-bond acceptors (Lipinski definition) is 7. The smallest absolute Gasteiger partial charge is 0.490 e. The topological polar surface area (TPSA) is 134 Å². The number of carbonyl (C=O) groups excluding carboxylic acids is 1. The molecule has 1 amide bonds. The highest BCUT2D eigenvalue weighted by Crippen LogP contribution is 2.31. The van der Waals surface area contributed by atoms with Crippen molar-refractivity contribution in [3.05, 3.63) is 28.5 Å². The maximum Gasteiger partial charge on any atom is 0.490 e. The van der Waals surface area contributed by atoms with Gasteiger partial charge < -0.3 is 19.9 Å². The Morgan fingerprint density at radius 1 is 1.07 bits per heavy atom. The highest BCUT2D eigenvalue weighted by atomic mass is 35.5. The van der Waals surface area contributed by atoms with Crippen molar-refractivity contribution in [1.29, 1.82) is 0 Å². The molecule has 1 aliphatic carbocycles. The lowest BCUT2D eigenvalue weighted by molar-refractivity contribution is -0.192. The number of nitrogens with one attached hydrogen (secondary N) is 2. The fourth-order valence-corrected chi connectivity index (χ4v) is 6.23. The summed E-state index contributed by atoms with van der Waals surface area (Å²) in [6, 6.07) is 2.16. The zero-order valence-corrected chi connectivity index (χ0v) is 23.8. The number of amides is 1. The molecular weight excluding hydrogens is 598 g/mol. The summed E-state index contributed by atoms with van der Waals surface area (Å²) in [6.07, 6.45) is 2.66. The lowest BCUT2D eigenvalue weighted by atomic mass is 10.1. The molecule has 16 heteroatoms. The van der Waals surface area contributed by atoms with Crippen molar-refractivity contribution in [2.45, 2.75) is 69.8 Å². The number of carboxylic acid groups (broad SMARTS) is 1. The molecular formula is C25H34ClF4N3O7S. The molecule has 0 aromatic heterocycles. The summed E-state index contributed by atoms with van der Waals surface area (Å²) in [5.74, 6) is -4.13. The van der Waals surface area contributed by atoms with Gasteiger partial charge in [-0.3, -0.25) is 4.79 Å². The van der Waals surface area contributed by atoms with Gasteiger partial charge in [0.15, 0.2) is 0 Å². The van der Waals surface area contributed by atoms with Gasteiger partial charge in [0.1, 0.15) is 11.6 Å². The van der Waals surface area contributed by atoms with E-state index in [1.807, 2.05) is 4.72 Å². The average molecular weight is 632 g/mol. The predicted molar refractivity (Wildman–Crippen MR) is 141 cm³/mol. The summed E-state index contributed by atoms with van der Waals surface area (Å²) in [4.78, 5) is 21.5. The van der Waals surface area contributed by atoms with Crippen molar-refractivity contribution in [3.63, 3.8) is 0 Å². The Hall–Kier alpha value is -2.20. The highest BCUT2D eigenvalue weighted by molar-refractivity contribution is 7.87. The molecule has 3 fully saturated rings. The molecule has 10 nitrogen and oxygen atoms in total. The summed E-state index contributed by atoms with van der Waals surface area (Å²) in [5, 5.41) is 10.5. The second-order valence-electron chi connectivity index (χ2n) is 10.2. The second-order valence-corrected chi connectivity index (χ2v) is 12.2. The summed E-state index contributed by atoms with van der Waals surface area (Å²) in [7, 11) is -4.12. The summed E-state index contributed by atoms with van der Waals surface area (Å²) >= 11 is 6.20. The maximum atomic E-state index is 14.6. The van der Waals surface area contributed by atoms with E-state index in [2.05, 4.69) is 5.32 Å². The van der Waals surface area contributed by atoms with Gasteiger partial charge in [-0.2, -0.15) is 25.9 Å². The van der Waals surface area contributed by atoms with E-state index >= 15 is 0 Å². The van der Waals surface area contributed by atoms with Crippen LogP contribution in [-0.2, 0) is 19.7 Å². The number of ether oxygens (including phenoxy) is 2. The molecule has 41 heavy (non-hydrogen) atoms. The Morgan fingerprint density at radius 3 is 2.27 bits per heavy atom. The van der Waals surface area contributed by atoms with Crippen LogP contribution in [0.4, 0.5) is 17.6 Å². The van der Waals surface area contributed by atoms with E-state index < -0.39 is 39.6 Å². The molecule has 1 unspecified atom stereocenters. The Kier molecular flexibility index (Phi) is 12.0. The van der Waals surface area contributed by atoms with E-state index in [9.17, 15) is 30.8 Å². The summed E-state index contributed by atoms with van der Waals surface area (Å²) < 4.78 is 86.8. The molecule has 4 rings (SSSR count).